The fourth-order valence-corrected chi connectivity index (χ4v) is 1.42. The molecule has 0 bridgehead atoms. The summed E-state index contributed by atoms with van der Waals surface area (Å²) in [5, 5.41) is 2.17. The zero-order valence-electron chi connectivity index (χ0n) is 7.32. The minimum Gasteiger partial charge on any atom is -0.298 e. The van der Waals surface area contributed by atoms with Gasteiger partial charge >= 0.3 is 0 Å². The van der Waals surface area contributed by atoms with Crippen LogP contribution in [0.2, 0.25) is 0 Å². The van der Waals surface area contributed by atoms with E-state index in [0.29, 0.717) is 5.56 Å². The molecule has 0 aliphatic heterocycles. The number of hydrogen-bond acceptors (Lipinski definition) is 2. The number of aryl methyl sites for hydroxylation is 1. The average molecular weight is 171 g/mol. The molecule has 0 atom stereocenters. The maximum absolute atomic E-state index is 10.5. The van der Waals surface area contributed by atoms with Gasteiger partial charge in [0.1, 0.15) is 6.29 Å². The highest BCUT2D eigenvalue weighted by atomic mass is 16.1. The number of hydrogen-bond donors (Lipinski definition) is 0. The van der Waals surface area contributed by atoms with Gasteiger partial charge in [-0.2, -0.15) is 0 Å². The first-order chi connectivity index (χ1) is 6.31. The summed E-state index contributed by atoms with van der Waals surface area (Å²) in [6.45, 7) is 2.01. The molecule has 64 valence electrons. The van der Waals surface area contributed by atoms with Gasteiger partial charge in [0.15, 0.2) is 0 Å². The maximum atomic E-state index is 10.5. The van der Waals surface area contributed by atoms with Gasteiger partial charge in [0, 0.05) is 23.3 Å². The highest BCUT2D eigenvalue weighted by Crippen LogP contribution is 2.17. The molecule has 0 aliphatic carbocycles. The molecular weight excluding hydrogens is 162 g/mol. The van der Waals surface area contributed by atoms with Crippen molar-refractivity contribution in [3.8, 4) is 0 Å². The van der Waals surface area contributed by atoms with Crippen molar-refractivity contribution in [3.05, 3.63) is 41.7 Å². The molecule has 2 aromatic rings. The van der Waals surface area contributed by atoms with Gasteiger partial charge < -0.3 is 0 Å². The summed E-state index contributed by atoms with van der Waals surface area (Å²) in [5.74, 6) is 0. The van der Waals surface area contributed by atoms with Crippen molar-refractivity contribution in [3.63, 3.8) is 0 Å². The van der Waals surface area contributed by atoms with Crippen LogP contribution < -0.4 is 0 Å². The van der Waals surface area contributed by atoms with E-state index < -0.39 is 0 Å². The van der Waals surface area contributed by atoms with Crippen LogP contribution in [-0.2, 0) is 0 Å². The summed E-state index contributed by atoms with van der Waals surface area (Å²) in [4.78, 5) is 14.6. The number of rotatable bonds is 1. The summed E-state index contributed by atoms with van der Waals surface area (Å²) < 4.78 is 0. The molecule has 0 amide bonds. The molecule has 0 aliphatic rings. The normalized spacial score (nSPS) is 10.2. The molecule has 2 nitrogen and oxygen atoms in total. The molecule has 2 heteroatoms. The minimum atomic E-state index is 0.694. The second-order valence-electron chi connectivity index (χ2n) is 3.05. The number of carbonyl (C=O) groups excluding carboxylic acids is 1. The van der Waals surface area contributed by atoms with E-state index in [4.69, 9.17) is 0 Å². The number of nitrogens with zero attached hydrogens (tertiary/aromatic N) is 1. The van der Waals surface area contributed by atoms with Crippen molar-refractivity contribution in [2.24, 2.45) is 0 Å². The molecule has 0 N–H and O–H groups in total. The quantitative estimate of drug-likeness (QED) is 0.616. The fourth-order valence-electron chi connectivity index (χ4n) is 1.42. The van der Waals surface area contributed by atoms with Crippen molar-refractivity contribution in [2.75, 3.05) is 0 Å². The number of pyridine rings is 1. The fraction of sp³-hybridized carbons (Fsp3) is 0.0909. The number of aldehydes is 1. The average Bonchev–Trinajstić information content (AvgIpc) is 2.18. The summed E-state index contributed by atoms with van der Waals surface area (Å²) >= 11 is 0. The van der Waals surface area contributed by atoms with E-state index in [1.165, 1.54) is 0 Å². The van der Waals surface area contributed by atoms with Gasteiger partial charge in [-0.15, -0.1) is 0 Å². The molecule has 0 saturated carbocycles. The lowest BCUT2D eigenvalue weighted by molar-refractivity contribution is 0.112. The smallest absolute Gasteiger partial charge is 0.150 e. The monoisotopic (exact) mass is 171 g/mol. The third-order valence-electron chi connectivity index (χ3n) is 2.12. The highest BCUT2D eigenvalue weighted by Gasteiger charge is 1.97. The van der Waals surface area contributed by atoms with Crippen molar-refractivity contribution >= 4 is 17.1 Å². The molecule has 0 radical (unpaired) electrons. The zero-order valence-corrected chi connectivity index (χ0v) is 7.32. The Hall–Kier alpha value is -1.70. The lowest BCUT2D eigenvalue weighted by atomic mass is 10.1. The lowest BCUT2D eigenvalue weighted by Gasteiger charge is -2.00. The van der Waals surface area contributed by atoms with Crippen molar-refractivity contribution < 1.29 is 4.79 Å². The SMILES string of the molecule is Cc1cncc2cc(C=O)ccc12. The molecule has 0 unspecified atom stereocenters. The Balaban J connectivity index is 2.79. The Morgan fingerprint density at radius 2 is 2.15 bits per heavy atom. The van der Waals surface area contributed by atoms with Crippen molar-refractivity contribution in [1.29, 1.82) is 0 Å². The minimum absolute atomic E-state index is 0.694. The van der Waals surface area contributed by atoms with E-state index in [0.717, 1.165) is 22.6 Å². The second kappa shape index (κ2) is 2.98. The Kier molecular flexibility index (Phi) is 1.81. The van der Waals surface area contributed by atoms with E-state index in [1.54, 1.807) is 6.20 Å². The van der Waals surface area contributed by atoms with Gasteiger partial charge in [0.2, 0.25) is 0 Å². The third kappa shape index (κ3) is 1.31. The lowest BCUT2D eigenvalue weighted by Crippen LogP contribution is -1.84. The first-order valence-electron chi connectivity index (χ1n) is 4.11. The first-order valence-corrected chi connectivity index (χ1v) is 4.11. The van der Waals surface area contributed by atoms with Crippen LogP contribution >= 0.6 is 0 Å². The predicted octanol–water partition coefficient (Wildman–Crippen LogP) is 2.36. The van der Waals surface area contributed by atoms with Crippen LogP contribution in [0.25, 0.3) is 10.8 Å². The van der Waals surface area contributed by atoms with Crippen LogP contribution in [0, 0.1) is 6.92 Å². The molecule has 0 fully saturated rings. The largest absolute Gasteiger partial charge is 0.298 e. The van der Waals surface area contributed by atoms with E-state index in [2.05, 4.69) is 4.98 Å². The van der Waals surface area contributed by atoms with Gasteiger partial charge in [-0.05, 0) is 23.9 Å². The molecule has 13 heavy (non-hydrogen) atoms. The van der Waals surface area contributed by atoms with E-state index in [-0.39, 0.29) is 0 Å². The Morgan fingerprint density at radius 1 is 1.31 bits per heavy atom. The van der Waals surface area contributed by atoms with E-state index >= 15 is 0 Å². The topological polar surface area (TPSA) is 30.0 Å². The van der Waals surface area contributed by atoms with Crippen LogP contribution in [0.4, 0.5) is 0 Å². The number of benzene rings is 1. The van der Waals surface area contributed by atoms with Gasteiger partial charge in [0.05, 0.1) is 0 Å². The molecule has 1 heterocycles. The molecule has 2 rings (SSSR count). The molecule has 0 spiro atoms. The summed E-state index contributed by atoms with van der Waals surface area (Å²) in [7, 11) is 0. The van der Waals surface area contributed by atoms with Gasteiger partial charge in [-0.25, -0.2) is 0 Å². The number of carbonyl (C=O) groups is 1. The Bertz CT molecular complexity index is 463. The summed E-state index contributed by atoms with van der Waals surface area (Å²) in [6, 6.07) is 5.63. The van der Waals surface area contributed by atoms with Crippen LogP contribution in [0.15, 0.2) is 30.6 Å². The van der Waals surface area contributed by atoms with Crippen LogP contribution in [0.5, 0.6) is 0 Å². The zero-order chi connectivity index (χ0) is 9.26. The van der Waals surface area contributed by atoms with Gasteiger partial charge in [-0.3, -0.25) is 9.78 Å². The molecule has 0 saturated heterocycles. The standard InChI is InChI=1S/C11H9NO/c1-8-5-12-6-10-4-9(7-13)2-3-11(8)10/h2-7H,1H3. The molecule has 1 aromatic heterocycles. The second-order valence-corrected chi connectivity index (χ2v) is 3.05. The van der Waals surface area contributed by atoms with Gasteiger partial charge in [0.25, 0.3) is 0 Å². The highest BCUT2D eigenvalue weighted by molar-refractivity contribution is 5.90. The van der Waals surface area contributed by atoms with Gasteiger partial charge in [-0.1, -0.05) is 12.1 Å². The number of aromatic nitrogens is 1. The van der Waals surface area contributed by atoms with Crippen LogP contribution in [0.3, 0.4) is 0 Å². The third-order valence-corrected chi connectivity index (χ3v) is 2.12. The van der Waals surface area contributed by atoms with E-state index in [1.807, 2.05) is 31.3 Å². The number of fused-ring (bicyclic) bond motifs is 1. The Morgan fingerprint density at radius 3 is 2.92 bits per heavy atom. The van der Waals surface area contributed by atoms with Crippen LogP contribution in [0.1, 0.15) is 15.9 Å². The Labute approximate surface area is 76.2 Å². The maximum Gasteiger partial charge on any atom is 0.150 e. The van der Waals surface area contributed by atoms with Crippen LogP contribution in [-0.4, -0.2) is 11.3 Å². The summed E-state index contributed by atoms with van der Waals surface area (Å²) in [5.41, 5.74) is 1.83. The summed E-state index contributed by atoms with van der Waals surface area (Å²) in [6.07, 6.45) is 4.44. The first kappa shape index (κ1) is 7.92. The van der Waals surface area contributed by atoms with Crippen molar-refractivity contribution in [2.45, 2.75) is 6.92 Å². The molecular formula is C11H9NO. The van der Waals surface area contributed by atoms with Crippen molar-refractivity contribution in [1.82, 2.24) is 4.98 Å². The predicted molar refractivity (Wildman–Crippen MR) is 51.9 cm³/mol. The van der Waals surface area contributed by atoms with E-state index in [9.17, 15) is 4.79 Å². The molecule has 1 aromatic carbocycles.